The number of amides is 1. The highest BCUT2D eigenvalue weighted by atomic mass is 16.1. The van der Waals surface area contributed by atoms with Gasteiger partial charge in [-0.05, 0) is 13.0 Å². The van der Waals surface area contributed by atoms with Crippen molar-refractivity contribution < 1.29 is 4.79 Å². The molecule has 0 bridgehead atoms. The third kappa shape index (κ3) is 2.17. The first-order chi connectivity index (χ1) is 8.08. The van der Waals surface area contributed by atoms with Gasteiger partial charge in [0.2, 0.25) is 0 Å². The quantitative estimate of drug-likeness (QED) is 0.744. The Balaban J connectivity index is 2.48. The van der Waals surface area contributed by atoms with Crippen molar-refractivity contribution in [1.29, 1.82) is 0 Å². The molecule has 7 heteroatoms. The number of carbonyl (C=O) groups is 1. The van der Waals surface area contributed by atoms with E-state index >= 15 is 0 Å². The van der Waals surface area contributed by atoms with Gasteiger partial charge in [0.05, 0.1) is 5.56 Å². The average molecular weight is 230 g/mol. The average Bonchev–Trinajstić information content (AvgIpc) is 2.28. The van der Waals surface area contributed by atoms with Gasteiger partial charge in [-0.1, -0.05) is 0 Å². The molecule has 2 aromatic rings. The second-order valence-corrected chi connectivity index (χ2v) is 3.35. The zero-order valence-corrected chi connectivity index (χ0v) is 9.08. The van der Waals surface area contributed by atoms with Gasteiger partial charge in [-0.3, -0.25) is 4.79 Å². The van der Waals surface area contributed by atoms with E-state index in [1.165, 1.54) is 6.20 Å². The van der Waals surface area contributed by atoms with Crippen molar-refractivity contribution in [1.82, 2.24) is 19.9 Å². The number of carbonyl (C=O) groups excluding carboxylic acids is 1. The first kappa shape index (κ1) is 10.9. The van der Waals surface area contributed by atoms with E-state index in [4.69, 9.17) is 11.5 Å². The largest absolute Gasteiger partial charge is 0.383 e. The molecule has 0 radical (unpaired) electrons. The summed E-state index contributed by atoms with van der Waals surface area (Å²) in [4.78, 5) is 27.0. The van der Waals surface area contributed by atoms with Crippen molar-refractivity contribution in [2.45, 2.75) is 6.92 Å². The van der Waals surface area contributed by atoms with Gasteiger partial charge in [-0.2, -0.15) is 0 Å². The minimum Gasteiger partial charge on any atom is -0.383 e. The van der Waals surface area contributed by atoms with E-state index in [9.17, 15) is 4.79 Å². The SMILES string of the molecule is Cc1nccc(-c2ncc(C(N)=O)c(N)n2)n1. The minimum absolute atomic E-state index is 0.0405. The Hall–Kier alpha value is -2.57. The zero-order chi connectivity index (χ0) is 12.4. The maximum Gasteiger partial charge on any atom is 0.254 e. The Labute approximate surface area is 96.9 Å². The van der Waals surface area contributed by atoms with Crippen molar-refractivity contribution in [2.75, 3.05) is 5.73 Å². The lowest BCUT2D eigenvalue weighted by atomic mass is 10.3. The van der Waals surface area contributed by atoms with E-state index in [-0.39, 0.29) is 11.4 Å². The predicted octanol–water partition coefficient (Wildman–Crippen LogP) is -0.0769. The molecule has 0 fully saturated rings. The molecule has 86 valence electrons. The predicted molar refractivity (Wildman–Crippen MR) is 60.7 cm³/mol. The second kappa shape index (κ2) is 4.12. The number of hydrogen-bond donors (Lipinski definition) is 2. The second-order valence-electron chi connectivity index (χ2n) is 3.35. The standard InChI is InChI=1S/C10H10N6O/c1-5-13-3-2-7(15-5)10-14-4-6(9(12)17)8(11)16-10/h2-4H,1H3,(H2,12,17)(H2,11,14,16). The van der Waals surface area contributed by atoms with Crippen molar-refractivity contribution in [3.63, 3.8) is 0 Å². The third-order valence-electron chi connectivity index (χ3n) is 2.09. The highest BCUT2D eigenvalue weighted by Gasteiger charge is 2.11. The number of nitrogens with two attached hydrogens (primary N) is 2. The van der Waals surface area contributed by atoms with Crippen LogP contribution in [0.5, 0.6) is 0 Å². The molecule has 0 saturated carbocycles. The van der Waals surface area contributed by atoms with Gasteiger partial charge in [0.1, 0.15) is 17.3 Å². The Morgan fingerprint density at radius 1 is 1.29 bits per heavy atom. The number of aryl methyl sites for hydroxylation is 1. The first-order valence-electron chi connectivity index (χ1n) is 4.80. The van der Waals surface area contributed by atoms with Gasteiger partial charge in [0, 0.05) is 12.4 Å². The number of nitrogen functional groups attached to an aromatic ring is 1. The Morgan fingerprint density at radius 2 is 2.06 bits per heavy atom. The lowest BCUT2D eigenvalue weighted by Crippen LogP contribution is -2.15. The summed E-state index contributed by atoms with van der Waals surface area (Å²) in [5.74, 6) is 0.313. The summed E-state index contributed by atoms with van der Waals surface area (Å²) in [7, 11) is 0. The maximum absolute atomic E-state index is 11.0. The van der Waals surface area contributed by atoms with Crippen LogP contribution in [0.4, 0.5) is 5.82 Å². The lowest BCUT2D eigenvalue weighted by Gasteiger charge is -2.03. The van der Waals surface area contributed by atoms with E-state index in [0.29, 0.717) is 17.3 Å². The summed E-state index contributed by atoms with van der Waals surface area (Å²) in [6, 6.07) is 1.66. The number of aromatic nitrogens is 4. The summed E-state index contributed by atoms with van der Waals surface area (Å²) >= 11 is 0. The van der Waals surface area contributed by atoms with Crippen molar-refractivity contribution in [2.24, 2.45) is 5.73 Å². The highest BCUT2D eigenvalue weighted by Crippen LogP contribution is 2.14. The van der Waals surface area contributed by atoms with Crippen LogP contribution < -0.4 is 11.5 Å². The molecule has 0 aliphatic heterocycles. The molecular weight excluding hydrogens is 220 g/mol. The van der Waals surface area contributed by atoms with Crippen LogP contribution in [0.1, 0.15) is 16.2 Å². The van der Waals surface area contributed by atoms with E-state index in [0.717, 1.165) is 0 Å². The Bertz CT molecular complexity index is 583. The monoisotopic (exact) mass is 230 g/mol. The zero-order valence-electron chi connectivity index (χ0n) is 9.08. The molecular formula is C10H10N6O. The molecule has 2 aromatic heterocycles. The molecule has 1 amide bonds. The van der Waals surface area contributed by atoms with Crippen LogP contribution in [0.2, 0.25) is 0 Å². The van der Waals surface area contributed by atoms with Crippen LogP contribution in [-0.4, -0.2) is 25.8 Å². The Kier molecular flexibility index (Phi) is 2.65. The molecule has 4 N–H and O–H groups in total. The molecule has 17 heavy (non-hydrogen) atoms. The molecule has 7 nitrogen and oxygen atoms in total. The van der Waals surface area contributed by atoms with E-state index in [1.807, 2.05) is 0 Å². The number of anilines is 1. The minimum atomic E-state index is -0.659. The summed E-state index contributed by atoms with van der Waals surface area (Å²) in [6.07, 6.45) is 2.89. The number of primary amides is 1. The van der Waals surface area contributed by atoms with Crippen LogP contribution >= 0.6 is 0 Å². The third-order valence-corrected chi connectivity index (χ3v) is 2.09. The molecule has 2 rings (SSSR count). The van der Waals surface area contributed by atoms with Gasteiger partial charge >= 0.3 is 0 Å². The van der Waals surface area contributed by atoms with Gasteiger partial charge in [-0.15, -0.1) is 0 Å². The van der Waals surface area contributed by atoms with Gasteiger partial charge in [-0.25, -0.2) is 19.9 Å². The Morgan fingerprint density at radius 3 is 2.65 bits per heavy atom. The smallest absolute Gasteiger partial charge is 0.254 e. The van der Waals surface area contributed by atoms with Crippen LogP contribution in [0.25, 0.3) is 11.5 Å². The van der Waals surface area contributed by atoms with E-state index < -0.39 is 5.91 Å². The van der Waals surface area contributed by atoms with Crippen LogP contribution in [0, 0.1) is 6.92 Å². The molecule has 0 atom stereocenters. The van der Waals surface area contributed by atoms with E-state index in [2.05, 4.69) is 19.9 Å². The van der Waals surface area contributed by atoms with Crippen molar-refractivity contribution >= 4 is 11.7 Å². The van der Waals surface area contributed by atoms with E-state index in [1.54, 1.807) is 19.2 Å². The molecule has 0 unspecified atom stereocenters. The molecule has 0 aliphatic rings. The first-order valence-corrected chi connectivity index (χ1v) is 4.80. The fourth-order valence-electron chi connectivity index (χ4n) is 1.29. The van der Waals surface area contributed by atoms with Gasteiger partial charge in [0.15, 0.2) is 5.82 Å². The molecule has 0 aromatic carbocycles. The number of hydrogen-bond acceptors (Lipinski definition) is 6. The maximum atomic E-state index is 11.0. The van der Waals surface area contributed by atoms with Crippen molar-refractivity contribution in [3.8, 4) is 11.5 Å². The van der Waals surface area contributed by atoms with Crippen LogP contribution in [0.3, 0.4) is 0 Å². The number of rotatable bonds is 2. The summed E-state index contributed by atoms with van der Waals surface area (Å²) in [5.41, 5.74) is 11.3. The highest BCUT2D eigenvalue weighted by molar-refractivity contribution is 5.96. The molecule has 0 aliphatic carbocycles. The fraction of sp³-hybridized carbons (Fsp3) is 0.100. The lowest BCUT2D eigenvalue weighted by molar-refractivity contribution is 0.100. The fourth-order valence-corrected chi connectivity index (χ4v) is 1.29. The topological polar surface area (TPSA) is 121 Å². The molecule has 0 saturated heterocycles. The van der Waals surface area contributed by atoms with Crippen LogP contribution in [-0.2, 0) is 0 Å². The molecule has 2 heterocycles. The summed E-state index contributed by atoms with van der Waals surface area (Å²) < 4.78 is 0. The van der Waals surface area contributed by atoms with Gasteiger partial charge < -0.3 is 11.5 Å². The van der Waals surface area contributed by atoms with Crippen LogP contribution in [0.15, 0.2) is 18.5 Å². The van der Waals surface area contributed by atoms with Gasteiger partial charge in [0.25, 0.3) is 5.91 Å². The summed E-state index contributed by atoms with van der Waals surface area (Å²) in [5, 5.41) is 0. The molecule has 0 spiro atoms. The van der Waals surface area contributed by atoms with Crippen molar-refractivity contribution in [3.05, 3.63) is 29.8 Å². The normalized spacial score (nSPS) is 10.2. The number of nitrogens with zero attached hydrogens (tertiary/aromatic N) is 4. The summed E-state index contributed by atoms with van der Waals surface area (Å²) in [6.45, 7) is 1.75.